The van der Waals surface area contributed by atoms with Crippen molar-refractivity contribution in [3.8, 4) is 0 Å². The van der Waals surface area contributed by atoms with E-state index in [1.165, 1.54) is 0 Å². The highest BCUT2D eigenvalue weighted by Gasteiger charge is 2.20. The monoisotopic (exact) mass is 513 g/mol. The molecule has 1 unspecified atom stereocenters. The van der Waals surface area contributed by atoms with E-state index in [9.17, 15) is 4.21 Å². The van der Waals surface area contributed by atoms with Gasteiger partial charge in [0, 0.05) is 49.6 Å². The van der Waals surface area contributed by atoms with E-state index in [0.717, 1.165) is 49.4 Å². The van der Waals surface area contributed by atoms with Gasteiger partial charge in [-0.2, -0.15) is 0 Å². The molecule has 3 rings (SSSR count). The van der Waals surface area contributed by atoms with Gasteiger partial charge in [-0.15, -0.1) is 24.0 Å². The third-order valence-corrected chi connectivity index (χ3v) is 5.78. The van der Waals surface area contributed by atoms with E-state index in [-0.39, 0.29) is 24.0 Å². The maximum atomic E-state index is 12.4. The van der Waals surface area contributed by atoms with Crippen LogP contribution < -0.4 is 10.2 Å². The van der Waals surface area contributed by atoms with Gasteiger partial charge in [0.1, 0.15) is 5.82 Å². The number of aromatic nitrogens is 1. The standard InChI is InChI=1S/C20H27N5OS.HI/c1-2-21-20(23-12-17-27(26)18-8-4-3-5-9-18)25-15-13-24(14-16-25)19-10-6-7-11-22-19;/h3-11H,2,12-17H2,1H3,(H,21,23);1H. The second-order valence-corrected chi connectivity index (χ2v) is 7.83. The Morgan fingerprint density at radius 1 is 1.11 bits per heavy atom. The number of benzene rings is 1. The molecule has 0 amide bonds. The van der Waals surface area contributed by atoms with Crippen LogP contribution in [0.25, 0.3) is 0 Å². The topological polar surface area (TPSA) is 60.8 Å². The number of halogens is 1. The summed E-state index contributed by atoms with van der Waals surface area (Å²) in [4.78, 5) is 14.6. The van der Waals surface area contributed by atoms with Gasteiger partial charge < -0.3 is 15.1 Å². The molecule has 0 saturated carbocycles. The summed E-state index contributed by atoms with van der Waals surface area (Å²) < 4.78 is 12.4. The fraction of sp³-hybridized carbons (Fsp3) is 0.400. The van der Waals surface area contributed by atoms with E-state index in [2.05, 4.69) is 27.0 Å². The Kier molecular flexibility index (Phi) is 9.69. The molecule has 28 heavy (non-hydrogen) atoms. The zero-order chi connectivity index (χ0) is 18.9. The predicted octanol–water partition coefficient (Wildman–Crippen LogP) is 2.59. The molecule has 1 aliphatic heterocycles. The van der Waals surface area contributed by atoms with Gasteiger partial charge >= 0.3 is 0 Å². The highest BCUT2D eigenvalue weighted by molar-refractivity contribution is 14.0. The molecule has 1 fully saturated rings. The number of piperazine rings is 1. The lowest BCUT2D eigenvalue weighted by atomic mass is 10.3. The second kappa shape index (κ2) is 12.0. The minimum atomic E-state index is -1.01. The van der Waals surface area contributed by atoms with E-state index in [4.69, 9.17) is 4.99 Å². The van der Waals surface area contributed by atoms with Crippen LogP contribution in [0.4, 0.5) is 5.82 Å². The summed E-state index contributed by atoms with van der Waals surface area (Å²) in [5.41, 5.74) is 0. The highest BCUT2D eigenvalue weighted by atomic mass is 127. The third kappa shape index (κ3) is 6.44. The molecule has 1 atom stereocenters. The van der Waals surface area contributed by atoms with Gasteiger partial charge in [-0.1, -0.05) is 24.3 Å². The largest absolute Gasteiger partial charge is 0.357 e. The van der Waals surface area contributed by atoms with Crippen LogP contribution in [0.1, 0.15) is 6.92 Å². The van der Waals surface area contributed by atoms with Crippen LogP contribution in [0, 0.1) is 0 Å². The summed E-state index contributed by atoms with van der Waals surface area (Å²) in [5.74, 6) is 2.47. The van der Waals surface area contributed by atoms with E-state index in [1.807, 2.05) is 54.7 Å². The van der Waals surface area contributed by atoms with Crippen LogP contribution in [0.5, 0.6) is 0 Å². The number of rotatable bonds is 6. The van der Waals surface area contributed by atoms with Gasteiger partial charge in [-0.05, 0) is 31.2 Å². The number of anilines is 1. The van der Waals surface area contributed by atoms with Crippen LogP contribution in [0.2, 0.25) is 0 Å². The van der Waals surface area contributed by atoms with Gasteiger partial charge in [0.2, 0.25) is 0 Å². The van der Waals surface area contributed by atoms with Gasteiger partial charge in [0.15, 0.2) is 5.96 Å². The van der Waals surface area contributed by atoms with Gasteiger partial charge in [0.05, 0.1) is 17.3 Å². The van der Waals surface area contributed by atoms with Crippen molar-refractivity contribution in [2.24, 2.45) is 4.99 Å². The molecule has 2 aromatic rings. The van der Waals surface area contributed by atoms with E-state index >= 15 is 0 Å². The maximum absolute atomic E-state index is 12.4. The summed E-state index contributed by atoms with van der Waals surface area (Å²) >= 11 is 0. The lowest BCUT2D eigenvalue weighted by Crippen LogP contribution is -2.52. The van der Waals surface area contributed by atoms with Crippen molar-refractivity contribution < 1.29 is 4.21 Å². The Hall–Kier alpha value is -1.68. The average molecular weight is 513 g/mol. The summed E-state index contributed by atoms with van der Waals surface area (Å²) in [5, 5.41) is 3.36. The van der Waals surface area contributed by atoms with Crippen molar-refractivity contribution in [2.45, 2.75) is 11.8 Å². The molecule has 0 bridgehead atoms. The average Bonchev–Trinajstić information content (AvgIpc) is 2.74. The Labute approximate surface area is 186 Å². The Bertz CT molecular complexity index is 752. The minimum absolute atomic E-state index is 0. The minimum Gasteiger partial charge on any atom is -0.357 e. The van der Waals surface area contributed by atoms with Gasteiger partial charge in [-0.3, -0.25) is 9.20 Å². The molecule has 0 aliphatic carbocycles. The van der Waals surface area contributed by atoms with Crippen molar-refractivity contribution in [1.29, 1.82) is 0 Å². The number of nitrogens with one attached hydrogen (secondary N) is 1. The molecular formula is C20H28IN5OS. The maximum Gasteiger partial charge on any atom is 0.194 e. The molecule has 8 heteroatoms. The molecule has 6 nitrogen and oxygen atoms in total. The molecule has 1 N–H and O–H groups in total. The molecule has 1 aromatic heterocycles. The first-order valence-corrected chi connectivity index (χ1v) is 10.7. The SMILES string of the molecule is CCNC(=NCCS(=O)c1ccccc1)N1CCN(c2ccccn2)CC1.I. The lowest BCUT2D eigenvalue weighted by Gasteiger charge is -2.37. The lowest BCUT2D eigenvalue weighted by molar-refractivity contribution is 0.372. The third-order valence-electron chi connectivity index (χ3n) is 4.43. The van der Waals surface area contributed by atoms with Crippen LogP contribution in [0.3, 0.4) is 0 Å². The number of hydrogen-bond acceptors (Lipinski definition) is 4. The van der Waals surface area contributed by atoms with Crippen molar-refractivity contribution in [3.05, 3.63) is 54.7 Å². The first-order valence-electron chi connectivity index (χ1n) is 9.40. The number of nitrogens with zero attached hydrogens (tertiary/aromatic N) is 4. The Balaban J connectivity index is 0.00000280. The fourth-order valence-electron chi connectivity index (χ4n) is 3.04. The van der Waals surface area contributed by atoms with Crippen molar-refractivity contribution in [2.75, 3.05) is 49.9 Å². The molecule has 1 saturated heterocycles. The van der Waals surface area contributed by atoms with Crippen LogP contribution in [-0.4, -0.2) is 65.1 Å². The number of hydrogen-bond donors (Lipinski definition) is 1. The van der Waals surface area contributed by atoms with E-state index < -0.39 is 10.8 Å². The molecular weight excluding hydrogens is 485 g/mol. The Morgan fingerprint density at radius 2 is 1.82 bits per heavy atom. The normalized spacial score (nSPS) is 15.7. The quantitative estimate of drug-likeness (QED) is 0.366. The molecule has 0 radical (unpaired) electrons. The van der Waals surface area contributed by atoms with Gasteiger partial charge in [-0.25, -0.2) is 4.98 Å². The fourth-order valence-corrected chi connectivity index (χ4v) is 3.99. The summed E-state index contributed by atoms with van der Waals surface area (Å²) in [6.07, 6.45) is 1.83. The second-order valence-electron chi connectivity index (χ2n) is 6.26. The number of aliphatic imine (C=N–C) groups is 1. The van der Waals surface area contributed by atoms with E-state index in [1.54, 1.807) is 0 Å². The summed E-state index contributed by atoms with van der Waals surface area (Å²) in [6.45, 7) is 7.05. The summed E-state index contributed by atoms with van der Waals surface area (Å²) in [6, 6.07) is 15.6. The first kappa shape index (κ1) is 22.6. The Morgan fingerprint density at radius 3 is 2.46 bits per heavy atom. The first-order chi connectivity index (χ1) is 13.3. The van der Waals surface area contributed by atoms with E-state index in [0.29, 0.717) is 12.3 Å². The smallest absolute Gasteiger partial charge is 0.194 e. The molecule has 1 aliphatic rings. The number of guanidine groups is 1. The zero-order valence-corrected chi connectivity index (χ0v) is 19.3. The molecule has 2 heterocycles. The van der Waals surface area contributed by atoms with Gasteiger partial charge in [0.25, 0.3) is 0 Å². The van der Waals surface area contributed by atoms with Crippen LogP contribution in [0.15, 0.2) is 64.6 Å². The molecule has 152 valence electrons. The molecule has 1 aromatic carbocycles. The number of pyridine rings is 1. The van der Waals surface area contributed by atoms with Crippen molar-refractivity contribution in [3.63, 3.8) is 0 Å². The van der Waals surface area contributed by atoms with Crippen molar-refractivity contribution in [1.82, 2.24) is 15.2 Å². The predicted molar refractivity (Wildman–Crippen MR) is 127 cm³/mol. The van der Waals surface area contributed by atoms with Crippen molar-refractivity contribution >= 4 is 46.6 Å². The highest BCUT2D eigenvalue weighted by Crippen LogP contribution is 2.12. The molecule has 0 spiro atoms. The van der Waals surface area contributed by atoms with Crippen LogP contribution >= 0.6 is 24.0 Å². The van der Waals surface area contributed by atoms with Crippen LogP contribution in [-0.2, 0) is 10.8 Å². The zero-order valence-electron chi connectivity index (χ0n) is 16.2. The summed E-state index contributed by atoms with van der Waals surface area (Å²) in [7, 11) is -1.01.